The third-order valence-corrected chi connectivity index (χ3v) is 5.82. The van der Waals surface area contributed by atoms with Crippen LogP contribution in [0.2, 0.25) is 0 Å². The van der Waals surface area contributed by atoms with Crippen molar-refractivity contribution in [1.29, 1.82) is 0 Å². The molecular formula is C23H26FN7O3. The SMILES string of the molecule is CC(C)(C)OC(=O)N1CCC[C@H](Cn2c(=O)[nH]c3cnc(-c4cnc5ccc(F)cn45)nc32)C1. The lowest BCUT2D eigenvalue weighted by Gasteiger charge is -2.34. The number of imidazole rings is 2. The molecule has 1 saturated heterocycles. The minimum Gasteiger partial charge on any atom is -0.444 e. The van der Waals surface area contributed by atoms with Crippen molar-refractivity contribution in [3.63, 3.8) is 0 Å². The highest BCUT2D eigenvalue weighted by Gasteiger charge is 2.28. The summed E-state index contributed by atoms with van der Waals surface area (Å²) in [6, 6.07) is 2.91. The molecule has 0 saturated carbocycles. The molecule has 1 N–H and O–H groups in total. The summed E-state index contributed by atoms with van der Waals surface area (Å²) in [5.74, 6) is -0.00290. The number of H-pyrrole nitrogens is 1. The lowest BCUT2D eigenvalue weighted by molar-refractivity contribution is 0.0157. The van der Waals surface area contributed by atoms with Gasteiger partial charge in [0.1, 0.15) is 28.3 Å². The topological polar surface area (TPSA) is 110 Å². The molecule has 5 rings (SSSR count). The van der Waals surface area contributed by atoms with Gasteiger partial charge >= 0.3 is 11.8 Å². The fourth-order valence-electron chi connectivity index (χ4n) is 4.32. The van der Waals surface area contributed by atoms with Crippen LogP contribution >= 0.6 is 0 Å². The van der Waals surface area contributed by atoms with Gasteiger partial charge in [-0.1, -0.05) is 0 Å². The summed E-state index contributed by atoms with van der Waals surface area (Å²) in [6.07, 6.45) is 5.81. The maximum atomic E-state index is 13.8. The Balaban J connectivity index is 1.44. The van der Waals surface area contributed by atoms with Crippen molar-refractivity contribution in [3.8, 4) is 11.5 Å². The second kappa shape index (κ2) is 8.23. The fourth-order valence-corrected chi connectivity index (χ4v) is 4.32. The number of piperidine rings is 1. The van der Waals surface area contributed by atoms with Crippen LogP contribution in [0, 0.1) is 11.7 Å². The van der Waals surface area contributed by atoms with Gasteiger partial charge in [-0.2, -0.15) is 0 Å². The highest BCUT2D eigenvalue weighted by molar-refractivity contribution is 5.72. The summed E-state index contributed by atoms with van der Waals surface area (Å²) in [5.41, 5.74) is 1.19. The molecule has 178 valence electrons. The molecular weight excluding hydrogens is 441 g/mol. The van der Waals surface area contributed by atoms with Gasteiger partial charge in [0.2, 0.25) is 0 Å². The van der Waals surface area contributed by atoms with Crippen LogP contribution in [0.15, 0.2) is 35.5 Å². The zero-order valence-corrected chi connectivity index (χ0v) is 19.3. The first-order valence-corrected chi connectivity index (χ1v) is 11.2. The van der Waals surface area contributed by atoms with Crippen LogP contribution in [-0.4, -0.2) is 58.6 Å². The minimum atomic E-state index is -0.564. The van der Waals surface area contributed by atoms with Gasteiger partial charge in [0.05, 0.1) is 12.4 Å². The molecule has 0 radical (unpaired) electrons. The van der Waals surface area contributed by atoms with E-state index in [2.05, 4.69) is 19.9 Å². The van der Waals surface area contributed by atoms with Crippen LogP contribution in [0.3, 0.4) is 0 Å². The van der Waals surface area contributed by atoms with Crippen molar-refractivity contribution in [2.75, 3.05) is 13.1 Å². The monoisotopic (exact) mass is 467 g/mol. The number of likely N-dealkylation sites (tertiary alicyclic amines) is 1. The van der Waals surface area contributed by atoms with Crippen molar-refractivity contribution in [1.82, 2.24) is 33.8 Å². The van der Waals surface area contributed by atoms with Crippen LogP contribution in [0.1, 0.15) is 33.6 Å². The first-order chi connectivity index (χ1) is 16.2. The van der Waals surface area contributed by atoms with E-state index < -0.39 is 11.4 Å². The van der Waals surface area contributed by atoms with Crippen molar-refractivity contribution < 1.29 is 13.9 Å². The van der Waals surface area contributed by atoms with E-state index in [1.807, 2.05) is 20.8 Å². The highest BCUT2D eigenvalue weighted by atomic mass is 19.1. The van der Waals surface area contributed by atoms with E-state index in [1.54, 1.807) is 32.3 Å². The smallest absolute Gasteiger partial charge is 0.410 e. The third kappa shape index (κ3) is 4.25. The number of aromatic nitrogens is 6. The number of halogens is 1. The molecule has 5 heterocycles. The Morgan fingerprint density at radius 1 is 1.26 bits per heavy atom. The van der Waals surface area contributed by atoms with E-state index in [9.17, 15) is 14.0 Å². The molecule has 1 aliphatic rings. The second-order valence-corrected chi connectivity index (χ2v) is 9.63. The number of hydrogen-bond donors (Lipinski definition) is 1. The number of amides is 1. The molecule has 0 unspecified atom stereocenters. The predicted molar refractivity (Wildman–Crippen MR) is 123 cm³/mol. The van der Waals surface area contributed by atoms with E-state index in [-0.39, 0.29) is 17.7 Å². The summed E-state index contributed by atoms with van der Waals surface area (Å²) >= 11 is 0. The molecule has 10 nitrogen and oxygen atoms in total. The number of ether oxygens (including phenoxy) is 1. The number of carbonyl (C=O) groups is 1. The van der Waals surface area contributed by atoms with Crippen LogP contribution < -0.4 is 5.69 Å². The Labute approximate surface area is 194 Å². The van der Waals surface area contributed by atoms with Gasteiger partial charge in [0.25, 0.3) is 0 Å². The Morgan fingerprint density at radius 3 is 2.88 bits per heavy atom. The molecule has 0 bridgehead atoms. The maximum absolute atomic E-state index is 13.8. The first-order valence-electron chi connectivity index (χ1n) is 11.2. The Bertz CT molecular complexity index is 1430. The summed E-state index contributed by atoms with van der Waals surface area (Å²) in [4.78, 5) is 43.0. The van der Waals surface area contributed by atoms with Gasteiger partial charge in [-0.15, -0.1) is 0 Å². The van der Waals surface area contributed by atoms with Crippen molar-refractivity contribution in [2.24, 2.45) is 5.92 Å². The van der Waals surface area contributed by atoms with E-state index in [1.165, 1.54) is 12.3 Å². The lowest BCUT2D eigenvalue weighted by atomic mass is 9.98. The molecule has 0 aromatic carbocycles. The number of aromatic amines is 1. The summed E-state index contributed by atoms with van der Waals surface area (Å²) in [6.45, 7) is 7.05. The predicted octanol–water partition coefficient (Wildman–Crippen LogP) is 3.22. The number of fused-ring (bicyclic) bond motifs is 2. The molecule has 0 spiro atoms. The molecule has 1 aliphatic heterocycles. The third-order valence-electron chi connectivity index (χ3n) is 5.82. The first kappa shape index (κ1) is 22.1. The van der Waals surface area contributed by atoms with E-state index in [4.69, 9.17) is 4.74 Å². The quantitative estimate of drug-likeness (QED) is 0.495. The number of nitrogens with zero attached hydrogens (tertiary/aromatic N) is 6. The van der Waals surface area contributed by atoms with Gasteiger partial charge < -0.3 is 14.6 Å². The van der Waals surface area contributed by atoms with Crippen LogP contribution in [0.5, 0.6) is 0 Å². The summed E-state index contributed by atoms with van der Waals surface area (Å²) in [5, 5.41) is 0. The highest BCUT2D eigenvalue weighted by Crippen LogP contribution is 2.23. The van der Waals surface area contributed by atoms with Crippen LogP contribution in [0.4, 0.5) is 9.18 Å². The minimum absolute atomic E-state index is 0.0706. The van der Waals surface area contributed by atoms with Crippen molar-refractivity contribution >= 4 is 22.9 Å². The molecule has 1 atom stereocenters. The largest absolute Gasteiger partial charge is 0.444 e. The lowest BCUT2D eigenvalue weighted by Crippen LogP contribution is -2.44. The van der Waals surface area contributed by atoms with Crippen molar-refractivity contribution in [2.45, 2.75) is 45.8 Å². The van der Waals surface area contributed by atoms with Gasteiger partial charge in [-0.3, -0.25) is 8.97 Å². The molecule has 4 aromatic rings. The van der Waals surface area contributed by atoms with E-state index in [0.29, 0.717) is 48.0 Å². The van der Waals surface area contributed by atoms with Gasteiger partial charge in [0, 0.05) is 25.8 Å². The zero-order chi connectivity index (χ0) is 24.0. The molecule has 11 heteroatoms. The molecule has 0 aliphatic carbocycles. The molecule has 1 fully saturated rings. The Hall–Kier alpha value is -3.76. The molecule has 1 amide bonds. The van der Waals surface area contributed by atoms with E-state index in [0.717, 1.165) is 12.8 Å². The second-order valence-electron chi connectivity index (χ2n) is 9.63. The summed E-state index contributed by atoms with van der Waals surface area (Å²) in [7, 11) is 0. The summed E-state index contributed by atoms with van der Waals surface area (Å²) < 4.78 is 22.5. The van der Waals surface area contributed by atoms with Crippen molar-refractivity contribution in [3.05, 3.63) is 47.0 Å². The number of nitrogens with one attached hydrogen (secondary N) is 1. The molecule has 34 heavy (non-hydrogen) atoms. The molecule has 4 aromatic heterocycles. The number of hydrogen-bond acceptors (Lipinski definition) is 6. The average molecular weight is 468 g/mol. The normalized spacial score (nSPS) is 16.9. The number of rotatable bonds is 3. The fraction of sp³-hybridized carbons (Fsp3) is 0.435. The number of pyridine rings is 1. The maximum Gasteiger partial charge on any atom is 0.410 e. The van der Waals surface area contributed by atoms with Gasteiger partial charge in [-0.25, -0.2) is 28.9 Å². The standard InChI is InChI=1S/C23H26FN7O3/c1-23(2,3)34-22(33)29-8-4-5-14(11-29)12-31-20-16(27-21(31)32)9-26-19(28-20)17-10-25-18-7-6-15(24)13-30(17)18/h6-7,9-10,13-14H,4-5,8,11-12H2,1-3H3,(H,27,32)/t14-/m0/s1. The van der Waals surface area contributed by atoms with Gasteiger partial charge in [-0.05, 0) is 51.7 Å². The van der Waals surface area contributed by atoms with E-state index >= 15 is 0 Å². The van der Waals surface area contributed by atoms with Crippen LogP contribution in [-0.2, 0) is 11.3 Å². The number of carbonyl (C=O) groups excluding carboxylic acids is 1. The van der Waals surface area contributed by atoms with Crippen LogP contribution in [0.25, 0.3) is 28.3 Å². The average Bonchev–Trinajstić information content (AvgIpc) is 3.33. The van der Waals surface area contributed by atoms with Gasteiger partial charge in [0.15, 0.2) is 11.5 Å². The Kier molecular flexibility index (Phi) is 5.34. The zero-order valence-electron chi connectivity index (χ0n) is 19.3. The Morgan fingerprint density at radius 2 is 2.09 bits per heavy atom.